The normalized spacial score (nSPS) is 14.2. The summed E-state index contributed by atoms with van der Waals surface area (Å²) in [4.78, 5) is 2.34. The lowest BCUT2D eigenvalue weighted by atomic mass is 9.80. The molecule has 0 radical (unpaired) electrons. The minimum atomic E-state index is 0.135. The summed E-state index contributed by atoms with van der Waals surface area (Å²) in [5.74, 6) is 0. The van der Waals surface area contributed by atoms with E-state index in [0.29, 0.717) is 6.04 Å². The van der Waals surface area contributed by atoms with Gasteiger partial charge in [0.2, 0.25) is 0 Å². The summed E-state index contributed by atoms with van der Waals surface area (Å²) in [5, 5.41) is 7.89. The molecule has 1 atom stereocenters. The SMILES string of the molecule is CCn1cc(C(NC)C(CC)(CC)N(C)C)cn1. The maximum atomic E-state index is 4.40. The van der Waals surface area contributed by atoms with Crippen LogP contribution in [0.15, 0.2) is 12.4 Å². The molecular weight excluding hydrogens is 224 g/mol. The van der Waals surface area contributed by atoms with Gasteiger partial charge in [-0.2, -0.15) is 5.10 Å². The van der Waals surface area contributed by atoms with Crippen molar-refractivity contribution in [2.45, 2.75) is 51.7 Å². The molecule has 4 heteroatoms. The van der Waals surface area contributed by atoms with Gasteiger partial charge in [-0.25, -0.2) is 0 Å². The van der Waals surface area contributed by atoms with Gasteiger partial charge in [0.25, 0.3) is 0 Å². The number of nitrogens with zero attached hydrogens (tertiary/aromatic N) is 3. The molecule has 0 spiro atoms. The molecule has 0 aliphatic carbocycles. The van der Waals surface area contributed by atoms with Crippen molar-refractivity contribution in [1.29, 1.82) is 0 Å². The first-order chi connectivity index (χ1) is 8.55. The van der Waals surface area contributed by atoms with Crippen LogP contribution < -0.4 is 5.32 Å². The van der Waals surface area contributed by atoms with Crippen molar-refractivity contribution in [2.24, 2.45) is 0 Å². The summed E-state index contributed by atoms with van der Waals surface area (Å²) >= 11 is 0. The van der Waals surface area contributed by atoms with Crippen LogP contribution in [0.3, 0.4) is 0 Å². The Morgan fingerprint density at radius 3 is 2.28 bits per heavy atom. The summed E-state index contributed by atoms with van der Waals surface area (Å²) in [6.07, 6.45) is 6.37. The monoisotopic (exact) mass is 252 g/mol. The third-order valence-electron chi connectivity index (χ3n) is 4.25. The third-order valence-corrected chi connectivity index (χ3v) is 4.25. The second kappa shape index (κ2) is 6.34. The minimum Gasteiger partial charge on any atom is -0.311 e. The molecule has 1 unspecified atom stereocenters. The largest absolute Gasteiger partial charge is 0.311 e. The van der Waals surface area contributed by atoms with Gasteiger partial charge in [-0.1, -0.05) is 13.8 Å². The molecule has 1 heterocycles. The average Bonchev–Trinajstić information content (AvgIpc) is 2.83. The van der Waals surface area contributed by atoms with Crippen LogP contribution >= 0.6 is 0 Å². The molecule has 0 fully saturated rings. The molecule has 0 saturated heterocycles. The van der Waals surface area contributed by atoms with E-state index in [-0.39, 0.29) is 5.54 Å². The van der Waals surface area contributed by atoms with Gasteiger partial charge in [0.15, 0.2) is 0 Å². The molecule has 0 saturated carbocycles. The molecule has 1 aromatic heterocycles. The topological polar surface area (TPSA) is 33.1 Å². The number of rotatable bonds is 7. The summed E-state index contributed by atoms with van der Waals surface area (Å²) in [7, 11) is 6.38. The van der Waals surface area contributed by atoms with E-state index in [0.717, 1.165) is 19.4 Å². The number of aromatic nitrogens is 2. The van der Waals surface area contributed by atoms with E-state index in [1.807, 2.05) is 17.9 Å². The van der Waals surface area contributed by atoms with E-state index >= 15 is 0 Å². The van der Waals surface area contributed by atoms with Gasteiger partial charge in [-0.15, -0.1) is 0 Å². The first-order valence-electron chi connectivity index (χ1n) is 6.92. The Hall–Kier alpha value is -0.870. The fourth-order valence-corrected chi connectivity index (χ4v) is 3.00. The smallest absolute Gasteiger partial charge is 0.0538 e. The predicted molar refractivity (Wildman–Crippen MR) is 76.7 cm³/mol. The first-order valence-corrected chi connectivity index (χ1v) is 6.92. The third kappa shape index (κ3) is 2.59. The van der Waals surface area contributed by atoms with Gasteiger partial charge in [-0.3, -0.25) is 4.68 Å². The summed E-state index contributed by atoms with van der Waals surface area (Å²) in [6, 6.07) is 0.308. The van der Waals surface area contributed by atoms with E-state index in [2.05, 4.69) is 56.4 Å². The highest BCUT2D eigenvalue weighted by Gasteiger charge is 2.38. The van der Waals surface area contributed by atoms with Crippen LogP contribution in [0.2, 0.25) is 0 Å². The minimum absolute atomic E-state index is 0.135. The lowest BCUT2D eigenvalue weighted by molar-refractivity contribution is 0.0917. The molecule has 1 N–H and O–H groups in total. The second-order valence-electron chi connectivity index (χ2n) is 5.06. The maximum absolute atomic E-state index is 4.40. The molecule has 0 bridgehead atoms. The number of likely N-dealkylation sites (N-methyl/N-ethyl adjacent to an activating group) is 2. The van der Waals surface area contributed by atoms with Crippen molar-refractivity contribution in [3.05, 3.63) is 18.0 Å². The molecule has 0 aliphatic rings. The van der Waals surface area contributed by atoms with Crippen molar-refractivity contribution in [2.75, 3.05) is 21.1 Å². The van der Waals surface area contributed by atoms with Gasteiger partial charge in [0.05, 0.1) is 12.2 Å². The van der Waals surface area contributed by atoms with Crippen LogP contribution in [0.1, 0.15) is 45.2 Å². The standard InChI is InChI=1S/C14H28N4/c1-7-14(8-2,17(5)6)13(15-4)12-10-16-18(9-3)11-12/h10-11,13,15H,7-9H2,1-6H3. The highest BCUT2D eigenvalue weighted by Crippen LogP contribution is 2.35. The van der Waals surface area contributed by atoms with Crippen LogP contribution in [-0.4, -0.2) is 41.4 Å². The number of nitrogens with one attached hydrogen (secondary N) is 1. The molecule has 1 rings (SSSR count). The van der Waals surface area contributed by atoms with Crippen molar-refractivity contribution >= 4 is 0 Å². The van der Waals surface area contributed by atoms with Crippen LogP contribution in [-0.2, 0) is 6.54 Å². The Labute approximate surface area is 111 Å². The molecule has 0 amide bonds. The summed E-state index contributed by atoms with van der Waals surface area (Å²) in [6.45, 7) is 7.56. The Balaban J connectivity index is 3.13. The molecular formula is C14H28N4. The molecule has 4 nitrogen and oxygen atoms in total. The van der Waals surface area contributed by atoms with E-state index in [1.54, 1.807) is 0 Å². The van der Waals surface area contributed by atoms with E-state index < -0.39 is 0 Å². The Morgan fingerprint density at radius 2 is 1.94 bits per heavy atom. The van der Waals surface area contributed by atoms with Gasteiger partial charge >= 0.3 is 0 Å². The zero-order valence-electron chi connectivity index (χ0n) is 12.7. The highest BCUT2D eigenvalue weighted by atomic mass is 15.3. The van der Waals surface area contributed by atoms with Gasteiger partial charge < -0.3 is 10.2 Å². The number of hydrogen-bond donors (Lipinski definition) is 1. The highest BCUT2D eigenvalue weighted by molar-refractivity contribution is 5.17. The van der Waals surface area contributed by atoms with Gasteiger partial charge in [0, 0.05) is 23.8 Å². The average molecular weight is 252 g/mol. The van der Waals surface area contributed by atoms with Crippen molar-refractivity contribution in [3.8, 4) is 0 Å². The molecule has 1 aromatic rings. The van der Waals surface area contributed by atoms with Crippen LogP contribution in [0.4, 0.5) is 0 Å². The van der Waals surface area contributed by atoms with Crippen LogP contribution in [0.25, 0.3) is 0 Å². The number of aryl methyl sites for hydroxylation is 1. The molecule has 0 aromatic carbocycles. The quantitative estimate of drug-likeness (QED) is 0.808. The van der Waals surface area contributed by atoms with E-state index in [1.165, 1.54) is 5.56 Å². The van der Waals surface area contributed by atoms with Crippen LogP contribution in [0.5, 0.6) is 0 Å². The van der Waals surface area contributed by atoms with E-state index in [9.17, 15) is 0 Å². The fourth-order valence-electron chi connectivity index (χ4n) is 3.00. The molecule has 18 heavy (non-hydrogen) atoms. The lowest BCUT2D eigenvalue weighted by Gasteiger charge is -2.44. The predicted octanol–water partition coefficient (Wildman–Crippen LogP) is 2.28. The lowest BCUT2D eigenvalue weighted by Crippen LogP contribution is -2.52. The van der Waals surface area contributed by atoms with Crippen molar-refractivity contribution < 1.29 is 0 Å². The number of hydrogen-bond acceptors (Lipinski definition) is 3. The van der Waals surface area contributed by atoms with Gasteiger partial charge in [0.1, 0.15) is 0 Å². The second-order valence-corrected chi connectivity index (χ2v) is 5.06. The summed E-state index contributed by atoms with van der Waals surface area (Å²) < 4.78 is 1.99. The zero-order chi connectivity index (χ0) is 13.8. The molecule has 0 aliphatic heterocycles. The fraction of sp³-hybridized carbons (Fsp3) is 0.786. The Bertz CT molecular complexity index is 352. The molecule has 104 valence electrons. The van der Waals surface area contributed by atoms with Crippen molar-refractivity contribution in [1.82, 2.24) is 20.0 Å². The zero-order valence-corrected chi connectivity index (χ0v) is 12.7. The van der Waals surface area contributed by atoms with E-state index in [4.69, 9.17) is 0 Å². The summed E-state index contributed by atoms with van der Waals surface area (Å²) in [5.41, 5.74) is 1.41. The maximum Gasteiger partial charge on any atom is 0.0538 e. The van der Waals surface area contributed by atoms with Gasteiger partial charge in [-0.05, 0) is 40.9 Å². The Kier molecular flexibility index (Phi) is 5.35. The Morgan fingerprint density at radius 1 is 1.33 bits per heavy atom. The van der Waals surface area contributed by atoms with Crippen molar-refractivity contribution in [3.63, 3.8) is 0 Å². The first kappa shape index (κ1) is 15.2. The van der Waals surface area contributed by atoms with Crippen LogP contribution in [0, 0.1) is 0 Å².